The Labute approximate surface area is 107 Å². The molecule has 3 nitrogen and oxygen atoms in total. The van der Waals surface area contributed by atoms with Crippen LogP contribution in [-0.4, -0.2) is 32.7 Å². The van der Waals surface area contributed by atoms with Gasteiger partial charge >= 0.3 is 5.97 Å². The van der Waals surface area contributed by atoms with Crippen LogP contribution in [0, 0.1) is 0 Å². The molecule has 1 rings (SSSR count). The van der Waals surface area contributed by atoms with Crippen LogP contribution in [0.3, 0.4) is 0 Å². The van der Waals surface area contributed by atoms with Crippen molar-refractivity contribution in [1.29, 1.82) is 0 Å². The molecule has 0 saturated heterocycles. The Morgan fingerprint density at radius 3 is 2.60 bits per heavy atom. The summed E-state index contributed by atoms with van der Waals surface area (Å²) in [5, 5.41) is 0. The Balaban J connectivity index is 2.50. The number of halogens is 3. The van der Waals surface area contributed by atoms with Crippen LogP contribution in [0.25, 0.3) is 0 Å². The molecule has 7 heteroatoms. The molecule has 0 unspecified atom stereocenters. The molecule has 15 heavy (non-hydrogen) atoms. The SMILES string of the molecule is CC1(C)N=C(C(=O)OCC(Cl)(Cl)Cl)CS1. The average Bonchev–Trinajstić information content (AvgIpc) is 2.40. The second-order valence-electron chi connectivity index (χ2n) is 3.49. The van der Waals surface area contributed by atoms with Gasteiger partial charge in [-0.3, -0.25) is 4.99 Å². The van der Waals surface area contributed by atoms with Gasteiger partial charge in [-0.15, -0.1) is 11.8 Å². The number of carbonyl (C=O) groups excluding carboxylic acids is 1. The Hall–Kier alpha value is 0.360. The fourth-order valence-electron chi connectivity index (χ4n) is 0.970. The Kier molecular flexibility index (Phi) is 4.20. The molecule has 0 aliphatic carbocycles. The molecule has 1 aliphatic rings. The first-order chi connectivity index (χ1) is 6.70. The van der Waals surface area contributed by atoms with Gasteiger partial charge in [-0.2, -0.15) is 0 Å². The fourth-order valence-corrected chi connectivity index (χ4v) is 1.98. The third-order valence-electron chi connectivity index (χ3n) is 1.57. The standard InChI is InChI=1S/C8H10Cl3NO2S/c1-7(2)12-5(3-15-7)6(13)14-4-8(9,10)11/h3-4H2,1-2H3. The minimum absolute atomic E-state index is 0.263. The van der Waals surface area contributed by atoms with E-state index >= 15 is 0 Å². The maximum Gasteiger partial charge on any atom is 0.353 e. The zero-order chi connectivity index (χ0) is 11.7. The number of carbonyl (C=O) groups is 1. The van der Waals surface area contributed by atoms with Crippen LogP contribution in [0.5, 0.6) is 0 Å². The van der Waals surface area contributed by atoms with Crippen molar-refractivity contribution in [2.75, 3.05) is 12.4 Å². The van der Waals surface area contributed by atoms with Crippen molar-refractivity contribution in [1.82, 2.24) is 0 Å². The number of nitrogens with zero attached hydrogens (tertiary/aromatic N) is 1. The number of ether oxygens (including phenoxy) is 1. The van der Waals surface area contributed by atoms with Gasteiger partial charge in [0.05, 0.1) is 0 Å². The number of hydrogen-bond donors (Lipinski definition) is 0. The molecule has 0 N–H and O–H groups in total. The summed E-state index contributed by atoms with van der Waals surface area (Å²) < 4.78 is 3.23. The second kappa shape index (κ2) is 4.70. The van der Waals surface area contributed by atoms with Crippen molar-refractivity contribution in [3.63, 3.8) is 0 Å². The molecule has 0 aromatic carbocycles. The monoisotopic (exact) mass is 289 g/mol. The zero-order valence-corrected chi connectivity index (χ0v) is 11.3. The van der Waals surface area contributed by atoms with Gasteiger partial charge in [-0.25, -0.2) is 4.79 Å². The fraction of sp³-hybridized carbons (Fsp3) is 0.750. The Bertz CT molecular complexity index is 299. The van der Waals surface area contributed by atoms with Crippen LogP contribution in [0.1, 0.15) is 13.8 Å². The smallest absolute Gasteiger partial charge is 0.353 e. The van der Waals surface area contributed by atoms with Gasteiger partial charge in [0.2, 0.25) is 3.79 Å². The lowest BCUT2D eigenvalue weighted by Gasteiger charge is -2.11. The largest absolute Gasteiger partial charge is 0.457 e. The molecule has 1 heterocycles. The molecule has 1 aliphatic heterocycles. The quantitative estimate of drug-likeness (QED) is 0.580. The maximum atomic E-state index is 11.4. The van der Waals surface area contributed by atoms with E-state index in [1.165, 1.54) is 0 Å². The minimum atomic E-state index is -1.57. The number of alkyl halides is 3. The molecular formula is C8H10Cl3NO2S. The van der Waals surface area contributed by atoms with Gasteiger partial charge in [0.1, 0.15) is 17.2 Å². The van der Waals surface area contributed by atoms with Crippen molar-refractivity contribution in [2.45, 2.75) is 22.5 Å². The van der Waals surface area contributed by atoms with E-state index in [1.54, 1.807) is 11.8 Å². The molecule has 0 bridgehead atoms. The first-order valence-corrected chi connectivity index (χ1v) is 6.28. The summed E-state index contributed by atoms with van der Waals surface area (Å²) in [7, 11) is 0. The van der Waals surface area contributed by atoms with Crippen molar-refractivity contribution >= 4 is 58.2 Å². The predicted octanol–water partition coefficient (Wildman–Crippen LogP) is 2.82. The second-order valence-corrected chi connectivity index (χ2v) is 7.58. The van der Waals surface area contributed by atoms with Crippen LogP contribution in [0.2, 0.25) is 0 Å². The number of aliphatic imine (C=N–C) groups is 1. The highest BCUT2D eigenvalue weighted by Crippen LogP contribution is 2.32. The first kappa shape index (κ1) is 13.4. The zero-order valence-electron chi connectivity index (χ0n) is 8.22. The highest BCUT2D eigenvalue weighted by Gasteiger charge is 2.31. The van der Waals surface area contributed by atoms with Gasteiger partial charge in [-0.05, 0) is 13.8 Å². The van der Waals surface area contributed by atoms with Crippen LogP contribution in [0.15, 0.2) is 4.99 Å². The molecular weight excluding hydrogens is 281 g/mol. The first-order valence-electron chi connectivity index (χ1n) is 4.16. The normalized spacial score (nSPS) is 19.9. The van der Waals surface area contributed by atoms with E-state index in [4.69, 9.17) is 39.5 Å². The number of esters is 1. The van der Waals surface area contributed by atoms with Crippen molar-refractivity contribution < 1.29 is 9.53 Å². The molecule has 0 aromatic heterocycles. The predicted molar refractivity (Wildman–Crippen MR) is 65.2 cm³/mol. The lowest BCUT2D eigenvalue weighted by Crippen LogP contribution is -2.23. The molecule has 0 saturated carbocycles. The number of thioether (sulfide) groups is 1. The third-order valence-corrected chi connectivity index (χ3v) is 3.11. The summed E-state index contributed by atoms with van der Waals surface area (Å²) in [6.07, 6.45) is 0. The molecule has 0 radical (unpaired) electrons. The van der Waals surface area contributed by atoms with E-state index in [2.05, 4.69) is 4.99 Å². The van der Waals surface area contributed by atoms with E-state index in [0.29, 0.717) is 11.5 Å². The summed E-state index contributed by atoms with van der Waals surface area (Å²) >= 11 is 17.9. The Morgan fingerprint density at radius 1 is 1.60 bits per heavy atom. The summed E-state index contributed by atoms with van der Waals surface area (Å²) in [6, 6.07) is 0. The molecule has 0 aromatic rings. The van der Waals surface area contributed by atoms with E-state index in [9.17, 15) is 4.79 Å². The summed E-state index contributed by atoms with van der Waals surface area (Å²) in [5.74, 6) is 0.0190. The topological polar surface area (TPSA) is 38.7 Å². The highest BCUT2D eigenvalue weighted by atomic mass is 35.6. The van der Waals surface area contributed by atoms with Crippen molar-refractivity contribution in [3.05, 3.63) is 0 Å². The number of rotatable bonds is 2. The van der Waals surface area contributed by atoms with E-state index in [-0.39, 0.29) is 11.5 Å². The van der Waals surface area contributed by atoms with E-state index in [1.807, 2.05) is 13.8 Å². The van der Waals surface area contributed by atoms with Crippen molar-refractivity contribution in [3.8, 4) is 0 Å². The van der Waals surface area contributed by atoms with Crippen LogP contribution >= 0.6 is 46.6 Å². The third kappa shape index (κ3) is 4.81. The highest BCUT2D eigenvalue weighted by molar-refractivity contribution is 8.01. The van der Waals surface area contributed by atoms with Gasteiger partial charge in [0.15, 0.2) is 0 Å². The van der Waals surface area contributed by atoms with Crippen LogP contribution in [-0.2, 0) is 9.53 Å². The Morgan fingerprint density at radius 2 is 2.20 bits per heavy atom. The summed E-state index contributed by atoms with van der Waals surface area (Å²) in [4.78, 5) is 15.4. The molecule has 0 spiro atoms. The maximum absolute atomic E-state index is 11.4. The average molecular weight is 291 g/mol. The molecule has 0 amide bonds. The van der Waals surface area contributed by atoms with Gasteiger partial charge in [0.25, 0.3) is 0 Å². The lowest BCUT2D eigenvalue weighted by atomic mass is 10.3. The number of hydrogen-bond acceptors (Lipinski definition) is 4. The van der Waals surface area contributed by atoms with Gasteiger partial charge in [-0.1, -0.05) is 34.8 Å². The van der Waals surface area contributed by atoms with Crippen LogP contribution < -0.4 is 0 Å². The lowest BCUT2D eigenvalue weighted by molar-refractivity contribution is -0.135. The van der Waals surface area contributed by atoms with Gasteiger partial charge < -0.3 is 4.74 Å². The molecule has 86 valence electrons. The van der Waals surface area contributed by atoms with Crippen molar-refractivity contribution in [2.24, 2.45) is 4.99 Å². The summed E-state index contributed by atoms with van der Waals surface area (Å²) in [5.41, 5.74) is 0.388. The van der Waals surface area contributed by atoms with Gasteiger partial charge in [0, 0.05) is 5.75 Å². The van der Waals surface area contributed by atoms with E-state index < -0.39 is 9.76 Å². The minimum Gasteiger partial charge on any atom is -0.457 e. The summed E-state index contributed by atoms with van der Waals surface area (Å²) in [6.45, 7) is 3.58. The molecule has 0 atom stereocenters. The van der Waals surface area contributed by atoms with Crippen LogP contribution in [0.4, 0.5) is 0 Å². The molecule has 0 fully saturated rings. The van der Waals surface area contributed by atoms with E-state index in [0.717, 1.165) is 0 Å².